The van der Waals surface area contributed by atoms with E-state index in [1.807, 2.05) is 52.9 Å². The van der Waals surface area contributed by atoms with E-state index in [0.29, 0.717) is 30.2 Å². The van der Waals surface area contributed by atoms with Crippen LogP contribution >= 0.6 is 0 Å². The van der Waals surface area contributed by atoms with Gasteiger partial charge in [-0.2, -0.15) is 13.2 Å². The van der Waals surface area contributed by atoms with Crippen molar-refractivity contribution in [3.63, 3.8) is 0 Å². The summed E-state index contributed by atoms with van der Waals surface area (Å²) in [6, 6.07) is 20.4. The van der Waals surface area contributed by atoms with Gasteiger partial charge in [0.1, 0.15) is 5.69 Å². The molecule has 17 nitrogen and oxygen atoms in total. The maximum Gasteiger partial charge on any atom is 0.416 e. The number of ether oxygens (including phenoxy) is 1. The van der Waals surface area contributed by atoms with Crippen molar-refractivity contribution in [2.75, 3.05) is 31.5 Å². The van der Waals surface area contributed by atoms with Crippen molar-refractivity contribution in [2.24, 2.45) is 7.05 Å². The Labute approximate surface area is 320 Å². The molecule has 0 bridgehead atoms. The van der Waals surface area contributed by atoms with E-state index in [1.165, 1.54) is 6.20 Å². The minimum Gasteiger partial charge on any atom is -0.473 e. The fraction of sp³-hybridized carbons (Fsp3) is 0.189. The summed E-state index contributed by atoms with van der Waals surface area (Å²) >= 11 is 0. The third-order valence-corrected chi connectivity index (χ3v) is 8.06. The van der Waals surface area contributed by atoms with Gasteiger partial charge >= 0.3 is 30.1 Å². The first kappa shape index (κ1) is 42.4. The molecule has 3 aromatic heterocycles. The van der Waals surface area contributed by atoms with Crippen molar-refractivity contribution in [3.05, 3.63) is 114 Å². The topological polar surface area (TPSA) is 242 Å². The fourth-order valence-corrected chi connectivity index (χ4v) is 5.30. The summed E-state index contributed by atoms with van der Waals surface area (Å²) in [5.41, 5.74) is 1.88. The van der Waals surface area contributed by atoms with Crippen LogP contribution in [0.4, 0.5) is 18.9 Å². The van der Waals surface area contributed by atoms with Crippen LogP contribution in [0.25, 0.3) is 10.9 Å². The first-order valence-electron chi connectivity index (χ1n) is 16.5. The third kappa shape index (κ3) is 11.8. The van der Waals surface area contributed by atoms with Crippen LogP contribution in [0.5, 0.6) is 11.6 Å². The molecule has 0 unspecified atom stereocenters. The van der Waals surface area contributed by atoms with Crippen LogP contribution in [0.1, 0.15) is 32.1 Å². The average Bonchev–Trinajstić information content (AvgIpc) is 3.53. The van der Waals surface area contributed by atoms with E-state index < -0.39 is 41.5 Å². The van der Waals surface area contributed by atoms with Crippen molar-refractivity contribution in [1.29, 1.82) is 0 Å². The molecule has 2 aromatic carbocycles. The summed E-state index contributed by atoms with van der Waals surface area (Å²) in [5.74, 6) is -7.16. The zero-order valence-corrected chi connectivity index (χ0v) is 29.7. The SMILES string of the molecule is Cn1c(C(=O)N2CCN(Cc3ccccn3)CC2)cc2cccc(Oc3ccc(NC(=O)c4ccc(C(F)(F)F)cc4)cn3)c21.O=C(O)C(=O)O.O=C(O)C(=O)O. The number of aryl methyl sites for hydroxylation is 1. The third-order valence-electron chi connectivity index (χ3n) is 8.06. The Morgan fingerprint density at radius 1 is 0.772 bits per heavy atom. The number of anilines is 1. The van der Waals surface area contributed by atoms with E-state index in [-0.39, 0.29) is 17.4 Å². The Morgan fingerprint density at radius 3 is 1.93 bits per heavy atom. The summed E-state index contributed by atoms with van der Waals surface area (Å²) in [4.78, 5) is 75.3. The molecule has 298 valence electrons. The molecule has 2 amide bonds. The number of hydrogen-bond donors (Lipinski definition) is 5. The number of carboxylic acid groups (broad SMARTS) is 4. The van der Waals surface area contributed by atoms with E-state index in [0.717, 1.165) is 60.5 Å². The van der Waals surface area contributed by atoms with E-state index in [2.05, 4.69) is 20.2 Å². The van der Waals surface area contributed by atoms with Crippen molar-refractivity contribution in [2.45, 2.75) is 12.7 Å². The van der Waals surface area contributed by atoms with Gasteiger partial charge in [0.05, 0.1) is 28.7 Å². The number of rotatable bonds is 7. The first-order valence-corrected chi connectivity index (χ1v) is 16.5. The van der Waals surface area contributed by atoms with Gasteiger partial charge < -0.3 is 39.9 Å². The molecule has 1 saturated heterocycles. The van der Waals surface area contributed by atoms with Crippen molar-refractivity contribution < 1.29 is 67.1 Å². The second kappa shape index (κ2) is 18.8. The molecule has 1 fully saturated rings. The highest BCUT2D eigenvalue weighted by molar-refractivity contribution is 6.27. The monoisotopic (exact) mass is 794 g/mol. The molecule has 0 radical (unpaired) electrons. The first-order chi connectivity index (χ1) is 26.9. The number of pyridine rings is 2. The van der Waals surface area contributed by atoms with Crippen LogP contribution in [0.3, 0.4) is 0 Å². The lowest BCUT2D eigenvalue weighted by molar-refractivity contribution is -0.159. The number of aliphatic carboxylic acids is 4. The molecule has 0 saturated carbocycles. The van der Waals surface area contributed by atoms with Gasteiger partial charge in [-0.3, -0.25) is 19.5 Å². The van der Waals surface area contributed by atoms with Crippen LogP contribution in [0.15, 0.2) is 91.3 Å². The number of alkyl halides is 3. The fourth-order valence-electron chi connectivity index (χ4n) is 5.30. The normalized spacial score (nSPS) is 12.6. The minimum atomic E-state index is -4.48. The van der Waals surface area contributed by atoms with Gasteiger partial charge in [0.15, 0.2) is 5.75 Å². The number of aromatic nitrogens is 3. The molecule has 6 rings (SSSR count). The number of nitrogens with zero attached hydrogens (tertiary/aromatic N) is 5. The molecular formula is C37H33F3N6O11. The van der Waals surface area contributed by atoms with Crippen LogP contribution in [-0.2, 0) is 38.9 Å². The average molecular weight is 795 g/mol. The van der Waals surface area contributed by atoms with Crippen LogP contribution in [0.2, 0.25) is 0 Å². The van der Waals surface area contributed by atoms with Gasteiger partial charge in [0.2, 0.25) is 5.88 Å². The molecule has 1 aliphatic rings. The molecular weight excluding hydrogens is 761 g/mol. The van der Waals surface area contributed by atoms with Gasteiger partial charge in [0.25, 0.3) is 11.8 Å². The number of piperazine rings is 1. The number of carbonyl (C=O) groups excluding carboxylic acids is 2. The Kier molecular flexibility index (Phi) is 14.0. The zero-order valence-electron chi connectivity index (χ0n) is 29.7. The lowest BCUT2D eigenvalue weighted by Gasteiger charge is -2.34. The largest absolute Gasteiger partial charge is 0.473 e. The molecule has 57 heavy (non-hydrogen) atoms. The highest BCUT2D eigenvalue weighted by Crippen LogP contribution is 2.32. The molecule has 0 spiro atoms. The minimum absolute atomic E-state index is 0.0524. The quantitative estimate of drug-likeness (QED) is 0.144. The van der Waals surface area contributed by atoms with Crippen LogP contribution in [-0.4, -0.2) is 107 Å². The van der Waals surface area contributed by atoms with E-state index in [1.54, 1.807) is 24.4 Å². The lowest BCUT2D eigenvalue weighted by Crippen LogP contribution is -2.48. The van der Waals surface area contributed by atoms with E-state index in [4.69, 9.17) is 44.3 Å². The Balaban J connectivity index is 0.000000524. The Bertz CT molecular complexity index is 2190. The summed E-state index contributed by atoms with van der Waals surface area (Å²) < 4.78 is 46.3. The molecule has 20 heteroatoms. The highest BCUT2D eigenvalue weighted by Gasteiger charge is 2.30. The second-order valence-corrected chi connectivity index (χ2v) is 11.9. The standard InChI is InChI=1S/C33H29F3N6O3.2C2H2O4/c1-40-27(32(44)42-17-15-41(16-18-42)21-26-6-2-3-14-37-26)19-23-5-4-7-28(30(23)40)45-29-13-12-25(20-38-29)39-31(43)22-8-10-24(11-9-22)33(34,35)36;2*3-1(4)2(5)6/h2-14,19-20H,15-18,21H2,1H3,(H,39,43);2*(H,3,4)(H,5,6). The summed E-state index contributed by atoms with van der Waals surface area (Å²) in [6.45, 7) is 3.49. The van der Waals surface area contributed by atoms with Crippen LogP contribution < -0.4 is 10.1 Å². The molecule has 0 atom stereocenters. The number of amides is 2. The lowest BCUT2D eigenvalue weighted by atomic mass is 10.1. The number of hydrogen-bond acceptors (Lipinski definition) is 10. The van der Waals surface area contributed by atoms with Crippen molar-refractivity contribution in [3.8, 4) is 11.6 Å². The second-order valence-electron chi connectivity index (χ2n) is 11.9. The maximum atomic E-state index is 13.6. The number of carbonyl (C=O) groups is 6. The summed E-state index contributed by atoms with van der Waals surface area (Å²) in [5, 5.41) is 33.0. The van der Waals surface area contributed by atoms with Gasteiger partial charge in [0, 0.05) is 63.0 Å². The van der Waals surface area contributed by atoms with Crippen molar-refractivity contribution in [1.82, 2.24) is 24.3 Å². The van der Waals surface area contributed by atoms with Crippen LogP contribution in [0, 0.1) is 0 Å². The Morgan fingerprint density at radius 2 is 1.40 bits per heavy atom. The molecule has 5 N–H and O–H groups in total. The smallest absolute Gasteiger partial charge is 0.416 e. The van der Waals surface area contributed by atoms with Gasteiger partial charge in [-0.1, -0.05) is 18.2 Å². The predicted molar refractivity (Wildman–Crippen MR) is 193 cm³/mol. The van der Waals surface area contributed by atoms with Gasteiger partial charge in [-0.15, -0.1) is 0 Å². The predicted octanol–water partition coefficient (Wildman–Crippen LogP) is 4.30. The van der Waals surface area contributed by atoms with Crippen molar-refractivity contribution >= 4 is 52.3 Å². The number of carboxylic acids is 4. The molecule has 1 aliphatic heterocycles. The molecule has 0 aliphatic carbocycles. The molecule has 5 aromatic rings. The van der Waals surface area contributed by atoms with Gasteiger partial charge in [-0.05, 0) is 54.6 Å². The molecule has 4 heterocycles. The number of nitrogens with one attached hydrogen (secondary N) is 1. The zero-order chi connectivity index (χ0) is 41.9. The summed E-state index contributed by atoms with van der Waals surface area (Å²) in [6.07, 6.45) is -1.30. The highest BCUT2D eigenvalue weighted by atomic mass is 19.4. The van der Waals surface area contributed by atoms with E-state index >= 15 is 0 Å². The Hall–Kier alpha value is -7.35. The number of benzene rings is 2. The van der Waals surface area contributed by atoms with E-state index in [9.17, 15) is 22.8 Å². The van der Waals surface area contributed by atoms with Gasteiger partial charge in [-0.25, -0.2) is 24.2 Å². The number of para-hydroxylation sites is 1. The number of halogens is 3. The number of fused-ring (bicyclic) bond motifs is 1. The maximum absolute atomic E-state index is 13.6. The summed E-state index contributed by atoms with van der Waals surface area (Å²) in [7, 11) is 1.83.